The maximum atomic E-state index is 12.9. The van der Waals surface area contributed by atoms with Gasteiger partial charge in [-0.2, -0.15) is 0 Å². The van der Waals surface area contributed by atoms with Gasteiger partial charge in [0, 0.05) is 90.2 Å². The predicted octanol–water partition coefficient (Wildman–Crippen LogP) is -1.32. The van der Waals surface area contributed by atoms with Crippen molar-refractivity contribution in [3.8, 4) is 0 Å². The fourth-order valence-corrected chi connectivity index (χ4v) is 4.90. The third-order valence-electron chi connectivity index (χ3n) is 7.25. The van der Waals surface area contributed by atoms with Gasteiger partial charge in [-0.3, -0.25) is 9.59 Å². The third-order valence-corrected chi connectivity index (χ3v) is 7.38. The minimum Gasteiger partial charge on any atom is -0.356 e. The number of thiocarbonyl (C=S) groups is 1. The molecule has 3 heterocycles. The van der Waals surface area contributed by atoms with Crippen molar-refractivity contribution in [1.29, 1.82) is 0 Å². The highest BCUT2D eigenvalue weighted by molar-refractivity contribution is 7.78. The lowest BCUT2D eigenvalue weighted by atomic mass is 9.93. The number of isothiocyanates is 1. The first-order valence-electron chi connectivity index (χ1n) is 14.4. The molecule has 0 spiro atoms. The zero-order valence-corrected chi connectivity index (χ0v) is 24.0. The van der Waals surface area contributed by atoms with Gasteiger partial charge in [-0.25, -0.2) is 4.99 Å². The van der Waals surface area contributed by atoms with Gasteiger partial charge in [0.2, 0.25) is 11.8 Å². The summed E-state index contributed by atoms with van der Waals surface area (Å²) in [6, 6.07) is -0.0110. The zero-order chi connectivity index (χ0) is 27.3. The number of nitrogens with zero attached hydrogens (tertiary/aromatic N) is 1. The summed E-state index contributed by atoms with van der Waals surface area (Å²) in [5.74, 6) is 1.35. The molecule has 218 valence electrons. The zero-order valence-electron chi connectivity index (χ0n) is 23.2. The van der Waals surface area contributed by atoms with E-state index < -0.39 is 0 Å². The largest absolute Gasteiger partial charge is 0.356 e. The van der Waals surface area contributed by atoms with Crippen LogP contribution >= 0.6 is 12.2 Å². The Morgan fingerprint density at radius 1 is 0.763 bits per heavy atom. The van der Waals surface area contributed by atoms with Gasteiger partial charge in [0.15, 0.2) is 0 Å². The molecule has 3 aliphatic rings. The van der Waals surface area contributed by atoms with E-state index in [9.17, 15) is 9.59 Å². The summed E-state index contributed by atoms with van der Waals surface area (Å²) < 4.78 is 0. The number of carbonyl (C=O) groups is 2. The van der Waals surface area contributed by atoms with Crippen molar-refractivity contribution in [1.82, 2.24) is 42.5 Å². The van der Waals surface area contributed by atoms with Gasteiger partial charge < -0.3 is 42.5 Å². The molecule has 0 unspecified atom stereocenters. The molecule has 0 aromatic rings. The summed E-state index contributed by atoms with van der Waals surface area (Å²) in [6.07, 6.45) is 1.93. The van der Waals surface area contributed by atoms with E-state index >= 15 is 0 Å². The van der Waals surface area contributed by atoms with Crippen LogP contribution in [0.25, 0.3) is 0 Å². The smallest absolute Gasteiger partial charge is 0.220 e. The van der Waals surface area contributed by atoms with E-state index in [0.29, 0.717) is 50.7 Å². The molecule has 2 amide bonds. The van der Waals surface area contributed by atoms with Gasteiger partial charge in [0.1, 0.15) is 0 Å². The molecule has 0 aromatic heterocycles. The molecule has 3 rings (SSSR count). The van der Waals surface area contributed by atoms with Crippen LogP contribution < -0.4 is 42.5 Å². The molecule has 0 radical (unpaired) electrons. The SMILES string of the molecule is C[C@@H]1CNCCNC[C@H](NC(=O)CCCC(=O)NCCCN=C=S)[C@H]2CNCCNC[C@@H]1CNCCNC2. The highest BCUT2D eigenvalue weighted by Crippen LogP contribution is 2.09. The fourth-order valence-electron chi connectivity index (χ4n) is 4.81. The maximum absolute atomic E-state index is 12.9. The molecular weight excluding hydrogens is 502 g/mol. The predicted molar refractivity (Wildman–Crippen MR) is 157 cm³/mol. The second kappa shape index (κ2) is 21.3. The summed E-state index contributed by atoms with van der Waals surface area (Å²) >= 11 is 4.53. The molecule has 3 saturated heterocycles. The Balaban J connectivity index is 1.90. The molecule has 11 nitrogen and oxygen atoms in total. The standard InChI is InChI=1S/C26H51N9O2S/c1-21-14-27-8-13-32-19-24(35-26(37)5-2-4-25(36)34-7-3-6-33-20-38)23-17-30-11-9-28-15-22(21)16-29-10-12-31-18-23/h21-24,27-32H,2-19H2,1H3,(H,34,36)(H,35,37)/t21-,22-,23+,24+/m1/s1. The van der Waals surface area contributed by atoms with Crippen molar-refractivity contribution in [2.45, 2.75) is 38.6 Å². The number of rotatable bonds is 9. The average molecular weight is 554 g/mol. The van der Waals surface area contributed by atoms with E-state index in [4.69, 9.17) is 0 Å². The van der Waals surface area contributed by atoms with Crippen molar-refractivity contribution >= 4 is 29.2 Å². The second-order valence-electron chi connectivity index (χ2n) is 10.4. The first-order chi connectivity index (χ1) is 18.6. The normalized spacial score (nSPS) is 26.6. The van der Waals surface area contributed by atoms with E-state index in [-0.39, 0.29) is 23.8 Å². The molecule has 2 atom stereocenters. The number of carbonyl (C=O) groups excluding carboxylic acids is 2. The first kappa shape index (κ1) is 32.7. The van der Waals surface area contributed by atoms with Gasteiger partial charge in [-0.05, 0) is 56.5 Å². The van der Waals surface area contributed by atoms with Crippen molar-refractivity contribution in [2.75, 3.05) is 91.6 Å². The minimum absolute atomic E-state index is 0.00458. The number of amides is 2. The minimum atomic E-state index is -0.0368. The molecule has 38 heavy (non-hydrogen) atoms. The molecule has 2 bridgehead atoms. The van der Waals surface area contributed by atoms with Crippen molar-refractivity contribution in [2.24, 2.45) is 22.7 Å². The first-order valence-corrected chi connectivity index (χ1v) is 14.8. The number of fused-ring (bicyclic) bond motifs is 17. The topological polar surface area (TPSA) is 143 Å². The number of nitrogens with one attached hydrogen (secondary N) is 8. The Bertz CT molecular complexity index is 692. The van der Waals surface area contributed by atoms with Gasteiger partial charge in [-0.15, -0.1) is 0 Å². The van der Waals surface area contributed by atoms with Crippen molar-refractivity contribution < 1.29 is 9.59 Å². The molecule has 12 heteroatoms. The van der Waals surface area contributed by atoms with Gasteiger partial charge in [0.05, 0.1) is 11.7 Å². The Hall–Kier alpha value is -1.50. The summed E-state index contributed by atoms with van der Waals surface area (Å²) in [5.41, 5.74) is 0. The Labute approximate surface area is 234 Å². The van der Waals surface area contributed by atoms with Crippen LogP contribution in [0.15, 0.2) is 4.99 Å². The van der Waals surface area contributed by atoms with Crippen LogP contribution in [-0.2, 0) is 9.59 Å². The van der Waals surface area contributed by atoms with Crippen LogP contribution in [0.5, 0.6) is 0 Å². The van der Waals surface area contributed by atoms with Crippen LogP contribution in [-0.4, -0.2) is 115 Å². The summed E-state index contributed by atoms with van der Waals surface area (Å²) in [5, 5.41) is 30.1. The van der Waals surface area contributed by atoms with Crippen LogP contribution in [0.2, 0.25) is 0 Å². The van der Waals surface area contributed by atoms with Crippen LogP contribution in [0, 0.1) is 17.8 Å². The van der Waals surface area contributed by atoms with Gasteiger partial charge in [-0.1, -0.05) is 6.92 Å². The number of hydrogen-bond acceptors (Lipinski definition) is 10. The van der Waals surface area contributed by atoms with Crippen molar-refractivity contribution in [3.63, 3.8) is 0 Å². The van der Waals surface area contributed by atoms with E-state index in [0.717, 1.165) is 78.4 Å². The Morgan fingerprint density at radius 3 is 1.89 bits per heavy atom. The highest BCUT2D eigenvalue weighted by Gasteiger charge is 2.24. The number of hydrogen-bond donors (Lipinski definition) is 8. The lowest BCUT2D eigenvalue weighted by Crippen LogP contribution is -2.54. The summed E-state index contributed by atoms with van der Waals surface area (Å²) in [7, 11) is 0. The third kappa shape index (κ3) is 15.2. The van der Waals surface area contributed by atoms with Crippen LogP contribution in [0.3, 0.4) is 0 Å². The molecule has 8 N–H and O–H groups in total. The molecule has 3 aliphatic heterocycles. The molecule has 0 aliphatic carbocycles. The van der Waals surface area contributed by atoms with Crippen LogP contribution in [0.1, 0.15) is 32.6 Å². The second-order valence-corrected chi connectivity index (χ2v) is 10.6. The molecule has 0 aromatic carbocycles. The average Bonchev–Trinajstić information content (AvgIpc) is 2.90. The lowest BCUT2D eigenvalue weighted by molar-refractivity contribution is -0.123. The van der Waals surface area contributed by atoms with E-state index in [1.165, 1.54) is 0 Å². The van der Waals surface area contributed by atoms with Gasteiger partial charge in [0.25, 0.3) is 0 Å². The van der Waals surface area contributed by atoms with E-state index in [1.54, 1.807) is 0 Å². The Kier molecular flexibility index (Phi) is 18.4. The lowest BCUT2D eigenvalue weighted by Gasteiger charge is -2.31. The molecular formula is C26H51N9O2S. The fraction of sp³-hybridized carbons (Fsp3) is 0.885. The summed E-state index contributed by atoms with van der Waals surface area (Å²) in [6.45, 7) is 14.2. The monoisotopic (exact) mass is 553 g/mol. The summed E-state index contributed by atoms with van der Waals surface area (Å²) in [4.78, 5) is 28.8. The van der Waals surface area contributed by atoms with E-state index in [1.807, 2.05) is 0 Å². The van der Waals surface area contributed by atoms with Crippen molar-refractivity contribution in [3.05, 3.63) is 0 Å². The quantitative estimate of drug-likeness (QED) is 0.0992. The maximum Gasteiger partial charge on any atom is 0.220 e. The van der Waals surface area contributed by atoms with Gasteiger partial charge >= 0.3 is 0 Å². The van der Waals surface area contributed by atoms with E-state index in [2.05, 4.69) is 71.8 Å². The molecule has 3 fully saturated rings. The molecule has 0 saturated carbocycles. The van der Waals surface area contributed by atoms with Crippen LogP contribution in [0.4, 0.5) is 0 Å². The Morgan fingerprint density at radius 2 is 1.29 bits per heavy atom. The highest BCUT2D eigenvalue weighted by atomic mass is 32.1. The number of aliphatic imine (C=N–C) groups is 1.